The number of nitrogens with one attached hydrogen (secondary N) is 1. The molecule has 1 N–H and O–H groups in total. The molecule has 0 saturated heterocycles. The zero-order chi connectivity index (χ0) is 18.7. The number of methoxy groups -OCH3 is 2. The number of rotatable bonds is 6. The van der Waals surface area contributed by atoms with E-state index in [0.717, 1.165) is 0 Å². The van der Waals surface area contributed by atoms with Gasteiger partial charge in [-0.3, -0.25) is 4.79 Å². The molecule has 1 aromatic heterocycles. The molecule has 8 nitrogen and oxygen atoms in total. The van der Waals surface area contributed by atoms with Gasteiger partial charge in [-0.2, -0.15) is 0 Å². The van der Waals surface area contributed by atoms with E-state index < -0.39 is 23.5 Å². The maximum atomic E-state index is 12.3. The molecule has 0 bridgehead atoms. The Balaban J connectivity index is 2.50. The summed E-state index contributed by atoms with van der Waals surface area (Å²) in [7, 11) is 2.94. The van der Waals surface area contributed by atoms with Gasteiger partial charge < -0.3 is 29.1 Å². The fourth-order valence-corrected chi connectivity index (χ4v) is 2.48. The topological polar surface area (TPSA) is 118 Å². The minimum atomic E-state index is -1.41. The fraction of sp³-hybridized carbons (Fsp3) is 0.353. The van der Waals surface area contributed by atoms with Gasteiger partial charge >= 0.3 is 5.63 Å². The summed E-state index contributed by atoms with van der Waals surface area (Å²) < 4.78 is 15.7. The normalized spacial score (nSPS) is 11.8. The van der Waals surface area contributed by atoms with E-state index in [0.29, 0.717) is 22.4 Å². The largest absolute Gasteiger partial charge is 0.548 e. The van der Waals surface area contributed by atoms with E-state index in [1.165, 1.54) is 21.1 Å². The Labute approximate surface area is 143 Å². The number of aliphatic carboxylic acids is 1. The molecule has 0 unspecified atom stereocenters. The van der Waals surface area contributed by atoms with E-state index in [-0.39, 0.29) is 17.6 Å². The van der Waals surface area contributed by atoms with Crippen molar-refractivity contribution < 1.29 is 28.6 Å². The van der Waals surface area contributed by atoms with Crippen molar-refractivity contribution in [2.75, 3.05) is 14.2 Å². The second-order valence-electron chi connectivity index (χ2n) is 5.48. The number of ether oxygens (including phenoxy) is 2. The van der Waals surface area contributed by atoms with Gasteiger partial charge in [0, 0.05) is 12.1 Å². The quantitative estimate of drug-likeness (QED) is 0.725. The lowest BCUT2D eigenvalue weighted by Crippen LogP contribution is -2.46. The third-order valence-electron chi connectivity index (χ3n) is 3.84. The molecule has 0 saturated carbocycles. The van der Waals surface area contributed by atoms with Crippen molar-refractivity contribution in [1.82, 2.24) is 5.32 Å². The first-order chi connectivity index (χ1) is 11.8. The number of carboxylic acid groups (broad SMARTS) is 1. The monoisotopic (exact) mass is 348 g/mol. The third-order valence-corrected chi connectivity index (χ3v) is 3.84. The highest BCUT2D eigenvalue weighted by atomic mass is 16.5. The van der Waals surface area contributed by atoms with Crippen molar-refractivity contribution >= 4 is 22.8 Å². The van der Waals surface area contributed by atoms with Crippen LogP contribution in [0.25, 0.3) is 11.0 Å². The predicted octanol–water partition coefficient (Wildman–Crippen LogP) is -0.0843. The first-order valence-electron chi connectivity index (χ1n) is 7.47. The molecule has 2 aromatic rings. The smallest absolute Gasteiger partial charge is 0.340 e. The van der Waals surface area contributed by atoms with E-state index in [1.54, 1.807) is 19.1 Å². The Morgan fingerprint density at radius 3 is 2.52 bits per heavy atom. The van der Waals surface area contributed by atoms with Crippen molar-refractivity contribution in [3.8, 4) is 11.5 Å². The summed E-state index contributed by atoms with van der Waals surface area (Å²) in [5.74, 6) is -1.15. The second-order valence-corrected chi connectivity index (χ2v) is 5.48. The summed E-state index contributed by atoms with van der Waals surface area (Å²) in [5, 5.41) is 13.5. The van der Waals surface area contributed by atoms with Crippen LogP contribution in [0.15, 0.2) is 21.3 Å². The molecule has 0 aliphatic carbocycles. The number of aryl methyl sites for hydroxylation is 1. The van der Waals surface area contributed by atoms with Gasteiger partial charge in [-0.25, -0.2) is 4.79 Å². The molecule has 134 valence electrons. The van der Waals surface area contributed by atoms with Gasteiger partial charge in [0.2, 0.25) is 5.91 Å². The van der Waals surface area contributed by atoms with E-state index in [9.17, 15) is 19.5 Å². The van der Waals surface area contributed by atoms with Crippen LogP contribution in [0.1, 0.15) is 18.1 Å². The Morgan fingerprint density at radius 2 is 1.96 bits per heavy atom. The van der Waals surface area contributed by atoms with Crippen LogP contribution in [-0.4, -0.2) is 32.1 Å². The Morgan fingerprint density at radius 1 is 1.28 bits per heavy atom. The molecule has 0 aliphatic rings. The molecule has 0 aliphatic heterocycles. The van der Waals surface area contributed by atoms with Crippen LogP contribution >= 0.6 is 0 Å². The molecular weight excluding hydrogens is 330 g/mol. The molecule has 2 rings (SSSR count). The summed E-state index contributed by atoms with van der Waals surface area (Å²) >= 11 is 0. The highest BCUT2D eigenvalue weighted by molar-refractivity contribution is 5.90. The van der Waals surface area contributed by atoms with Crippen LogP contribution in [0.5, 0.6) is 11.5 Å². The Kier molecular flexibility index (Phi) is 5.31. The fourth-order valence-electron chi connectivity index (χ4n) is 2.48. The number of hydrogen-bond donors (Lipinski definition) is 1. The van der Waals surface area contributed by atoms with Gasteiger partial charge in [0.05, 0.1) is 43.6 Å². The van der Waals surface area contributed by atoms with Crippen molar-refractivity contribution in [3.63, 3.8) is 0 Å². The van der Waals surface area contributed by atoms with Gasteiger partial charge in [0.1, 0.15) is 17.1 Å². The van der Waals surface area contributed by atoms with E-state index in [2.05, 4.69) is 5.32 Å². The lowest BCUT2D eigenvalue weighted by molar-refractivity contribution is -0.307. The summed E-state index contributed by atoms with van der Waals surface area (Å²) in [4.78, 5) is 34.9. The molecule has 0 fully saturated rings. The van der Waals surface area contributed by atoms with Crippen LogP contribution in [0.3, 0.4) is 0 Å². The molecule has 8 heteroatoms. The lowest BCUT2D eigenvalue weighted by atomic mass is 10.0. The molecule has 1 amide bonds. The Hall–Kier alpha value is -3.03. The molecule has 0 spiro atoms. The molecule has 1 aromatic carbocycles. The van der Waals surface area contributed by atoms with E-state index >= 15 is 0 Å². The van der Waals surface area contributed by atoms with Crippen LogP contribution in [0.4, 0.5) is 0 Å². The van der Waals surface area contributed by atoms with Crippen molar-refractivity contribution in [2.45, 2.75) is 26.3 Å². The maximum Gasteiger partial charge on any atom is 0.340 e. The number of carbonyl (C=O) groups excluding carboxylic acids is 2. The zero-order valence-electron chi connectivity index (χ0n) is 14.3. The summed E-state index contributed by atoms with van der Waals surface area (Å²) in [6, 6.07) is 2.02. The molecule has 0 radical (unpaired) electrons. The van der Waals surface area contributed by atoms with Gasteiger partial charge in [-0.05, 0) is 19.4 Å². The molecule has 1 heterocycles. The van der Waals surface area contributed by atoms with Crippen LogP contribution in [0.2, 0.25) is 0 Å². The van der Waals surface area contributed by atoms with Gasteiger partial charge in [-0.1, -0.05) is 0 Å². The van der Waals surface area contributed by atoms with Crippen LogP contribution in [-0.2, 0) is 16.0 Å². The van der Waals surface area contributed by atoms with Crippen molar-refractivity contribution in [2.24, 2.45) is 0 Å². The first-order valence-corrected chi connectivity index (χ1v) is 7.47. The van der Waals surface area contributed by atoms with Crippen LogP contribution < -0.4 is 25.5 Å². The average Bonchev–Trinajstić information content (AvgIpc) is 2.56. The number of amides is 1. The van der Waals surface area contributed by atoms with Gasteiger partial charge in [0.25, 0.3) is 0 Å². The maximum absolute atomic E-state index is 12.3. The SMILES string of the molecule is COc1cc(OC)c2c(C)c(CC(=O)N[C@H](C)C(=O)[O-])c(=O)oc2c1. The molecule has 1 atom stereocenters. The van der Waals surface area contributed by atoms with Crippen LogP contribution in [0, 0.1) is 6.92 Å². The molecular formula is C17H18NO7-. The second kappa shape index (κ2) is 7.25. The third kappa shape index (κ3) is 3.73. The molecule has 25 heavy (non-hydrogen) atoms. The Bertz CT molecular complexity index is 885. The standard InChI is InChI=1S/C17H19NO7/c1-8-11(7-14(19)18-9(2)16(20)21)17(22)25-13-6-10(23-3)5-12(24-4)15(8)13/h5-6,9H,7H2,1-4H3,(H,18,19)(H,20,21)/p-1/t9-/m1/s1. The number of carboxylic acids is 1. The summed E-state index contributed by atoms with van der Waals surface area (Å²) in [5.41, 5.74) is 0.226. The number of carbonyl (C=O) groups is 2. The first kappa shape index (κ1) is 18.3. The van der Waals surface area contributed by atoms with Gasteiger partial charge in [-0.15, -0.1) is 0 Å². The summed E-state index contributed by atoms with van der Waals surface area (Å²) in [6.07, 6.45) is -0.323. The van der Waals surface area contributed by atoms with Crippen molar-refractivity contribution in [3.05, 3.63) is 33.7 Å². The zero-order valence-corrected chi connectivity index (χ0v) is 14.3. The van der Waals surface area contributed by atoms with Gasteiger partial charge in [0.15, 0.2) is 0 Å². The minimum absolute atomic E-state index is 0.124. The van der Waals surface area contributed by atoms with E-state index in [4.69, 9.17) is 13.9 Å². The number of hydrogen-bond acceptors (Lipinski definition) is 7. The van der Waals surface area contributed by atoms with E-state index in [1.807, 2.05) is 0 Å². The summed E-state index contributed by atoms with van der Waals surface area (Å²) in [6.45, 7) is 2.94. The highest BCUT2D eigenvalue weighted by Crippen LogP contribution is 2.33. The predicted molar refractivity (Wildman–Crippen MR) is 86.6 cm³/mol. The highest BCUT2D eigenvalue weighted by Gasteiger charge is 2.19. The average molecular weight is 348 g/mol. The minimum Gasteiger partial charge on any atom is -0.548 e. The lowest BCUT2D eigenvalue weighted by Gasteiger charge is -2.15. The number of fused-ring (bicyclic) bond motifs is 1. The number of benzene rings is 1. The van der Waals surface area contributed by atoms with Crippen molar-refractivity contribution in [1.29, 1.82) is 0 Å².